The fourth-order valence-corrected chi connectivity index (χ4v) is 3.86. The Balaban J connectivity index is 0.00000225. The highest BCUT2D eigenvalue weighted by molar-refractivity contribution is 14.0. The average Bonchev–Trinajstić information content (AvgIpc) is 3.35. The van der Waals surface area contributed by atoms with Gasteiger partial charge in [-0.1, -0.05) is 42.5 Å². The number of aliphatic imine (C=N–C) groups is 1. The standard InChI is InChI=1S/C22H27N5.HI/c1-23-22(27-15-13-18(16-27)17-8-3-2-4-9-17)24-14-7-12-21-25-19-10-5-6-11-20(19)26-21;/h2-6,8-11,18H,7,12-16H2,1H3,(H,23,24)(H,25,26);1H. The van der Waals surface area contributed by atoms with E-state index in [0.29, 0.717) is 5.92 Å². The van der Waals surface area contributed by atoms with E-state index in [9.17, 15) is 0 Å². The number of likely N-dealkylation sites (tertiary alicyclic amines) is 1. The molecular formula is C22H28IN5. The van der Waals surface area contributed by atoms with Crippen LogP contribution in [0, 0.1) is 0 Å². The summed E-state index contributed by atoms with van der Waals surface area (Å²) in [7, 11) is 1.87. The summed E-state index contributed by atoms with van der Waals surface area (Å²) in [6.45, 7) is 2.99. The normalized spacial score (nSPS) is 17.0. The molecule has 1 aliphatic heterocycles. The molecule has 1 aromatic heterocycles. The zero-order chi connectivity index (χ0) is 18.5. The van der Waals surface area contributed by atoms with Gasteiger partial charge in [0.15, 0.2) is 5.96 Å². The van der Waals surface area contributed by atoms with Gasteiger partial charge in [-0.15, -0.1) is 24.0 Å². The summed E-state index contributed by atoms with van der Waals surface area (Å²) in [6, 6.07) is 19.0. The largest absolute Gasteiger partial charge is 0.356 e. The Morgan fingerprint density at radius 2 is 1.96 bits per heavy atom. The Bertz CT molecular complexity index is 872. The molecule has 1 fully saturated rings. The molecule has 0 radical (unpaired) electrons. The van der Waals surface area contributed by atoms with Crippen LogP contribution in [-0.4, -0.2) is 47.5 Å². The molecule has 0 bridgehead atoms. The van der Waals surface area contributed by atoms with Crippen LogP contribution in [0.2, 0.25) is 0 Å². The van der Waals surface area contributed by atoms with Crippen LogP contribution in [0.1, 0.15) is 30.1 Å². The lowest BCUT2D eigenvalue weighted by Crippen LogP contribution is -2.40. The van der Waals surface area contributed by atoms with Gasteiger partial charge < -0.3 is 15.2 Å². The van der Waals surface area contributed by atoms with Crippen molar-refractivity contribution in [2.75, 3.05) is 26.7 Å². The molecule has 0 amide bonds. The van der Waals surface area contributed by atoms with Crippen molar-refractivity contribution in [3.05, 3.63) is 66.0 Å². The zero-order valence-electron chi connectivity index (χ0n) is 16.3. The summed E-state index contributed by atoms with van der Waals surface area (Å²) in [5.41, 5.74) is 3.58. The number of hydrogen-bond donors (Lipinski definition) is 2. The second-order valence-electron chi connectivity index (χ2n) is 7.12. The van der Waals surface area contributed by atoms with Gasteiger partial charge in [-0.25, -0.2) is 4.98 Å². The third kappa shape index (κ3) is 4.84. The van der Waals surface area contributed by atoms with Crippen molar-refractivity contribution in [3.63, 3.8) is 0 Å². The number of para-hydroxylation sites is 2. The first-order chi connectivity index (χ1) is 13.3. The van der Waals surface area contributed by atoms with Gasteiger partial charge >= 0.3 is 0 Å². The Kier molecular flexibility index (Phi) is 7.30. The summed E-state index contributed by atoms with van der Waals surface area (Å²) in [4.78, 5) is 14.9. The van der Waals surface area contributed by atoms with Crippen molar-refractivity contribution in [2.45, 2.75) is 25.2 Å². The van der Waals surface area contributed by atoms with Crippen molar-refractivity contribution in [2.24, 2.45) is 4.99 Å². The van der Waals surface area contributed by atoms with Gasteiger partial charge in [0.2, 0.25) is 0 Å². The molecule has 6 heteroatoms. The molecule has 1 aliphatic rings. The van der Waals surface area contributed by atoms with Gasteiger partial charge in [0.05, 0.1) is 11.0 Å². The first kappa shape index (κ1) is 20.6. The highest BCUT2D eigenvalue weighted by Gasteiger charge is 2.25. The van der Waals surface area contributed by atoms with E-state index in [-0.39, 0.29) is 24.0 Å². The van der Waals surface area contributed by atoms with Crippen LogP contribution in [0.15, 0.2) is 59.6 Å². The molecule has 2 heterocycles. The number of nitrogens with zero attached hydrogens (tertiary/aromatic N) is 3. The second kappa shape index (κ2) is 9.91. The number of imidazole rings is 1. The Labute approximate surface area is 183 Å². The predicted molar refractivity (Wildman–Crippen MR) is 127 cm³/mol. The van der Waals surface area contributed by atoms with Crippen molar-refractivity contribution < 1.29 is 0 Å². The Hall–Kier alpha value is -2.09. The molecule has 1 unspecified atom stereocenters. The minimum Gasteiger partial charge on any atom is -0.356 e. The fourth-order valence-electron chi connectivity index (χ4n) is 3.86. The van der Waals surface area contributed by atoms with Crippen LogP contribution in [0.5, 0.6) is 0 Å². The number of aromatic amines is 1. The Morgan fingerprint density at radius 1 is 1.18 bits per heavy atom. The number of benzene rings is 2. The fraction of sp³-hybridized carbons (Fsp3) is 0.364. The highest BCUT2D eigenvalue weighted by Crippen LogP contribution is 2.26. The molecule has 5 nitrogen and oxygen atoms in total. The van der Waals surface area contributed by atoms with E-state index in [1.54, 1.807) is 0 Å². The summed E-state index contributed by atoms with van der Waals surface area (Å²) < 4.78 is 0. The van der Waals surface area contributed by atoms with E-state index >= 15 is 0 Å². The number of nitrogens with one attached hydrogen (secondary N) is 2. The van der Waals surface area contributed by atoms with E-state index in [2.05, 4.69) is 61.6 Å². The molecule has 2 N–H and O–H groups in total. The van der Waals surface area contributed by atoms with Crippen LogP contribution in [-0.2, 0) is 6.42 Å². The molecule has 148 valence electrons. The topological polar surface area (TPSA) is 56.3 Å². The van der Waals surface area contributed by atoms with Gasteiger partial charge in [-0.3, -0.25) is 4.99 Å². The van der Waals surface area contributed by atoms with Gasteiger partial charge in [0.25, 0.3) is 0 Å². The van der Waals surface area contributed by atoms with Crippen molar-refractivity contribution in [3.8, 4) is 0 Å². The molecule has 4 rings (SSSR count). The minimum atomic E-state index is 0. The quantitative estimate of drug-likeness (QED) is 0.245. The van der Waals surface area contributed by atoms with Crippen LogP contribution in [0.4, 0.5) is 0 Å². The number of hydrogen-bond acceptors (Lipinski definition) is 2. The van der Waals surface area contributed by atoms with Crippen LogP contribution < -0.4 is 5.32 Å². The third-order valence-corrected chi connectivity index (χ3v) is 5.28. The van der Waals surface area contributed by atoms with Crippen molar-refractivity contribution in [1.29, 1.82) is 0 Å². The average molecular weight is 489 g/mol. The lowest BCUT2D eigenvalue weighted by Gasteiger charge is -2.21. The number of halogens is 1. The summed E-state index contributed by atoms with van der Waals surface area (Å²) in [5.74, 6) is 2.66. The molecule has 2 aromatic carbocycles. The lowest BCUT2D eigenvalue weighted by atomic mass is 9.99. The van der Waals surface area contributed by atoms with E-state index in [0.717, 1.165) is 55.3 Å². The maximum Gasteiger partial charge on any atom is 0.193 e. The minimum absolute atomic E-state index is 0. The maximum absolute atomic E-state index is 4.65. The van der Waals surface area contributed by atoms with E-state index in [1.165, 1.54) is 12.0 Å². The van der Waals surface area contributed by atoms with Gasteiger partial charge in [0, 0.05) is 39.0 Å². The number of rotatable bonds is 5. The molecule has 28 heavy (non-hydrogen) atoms. The van der Waals surface area contributed by atoms with E-state index < -0.39 is 0 Å². The SMILES string of the molecule is CN=C(NCCCc1nc2ccccc2[nH]1)N1CCC(c2ccccc2)C1.I. The van der Waals surface area contributed by atoms with E-state index in [1.807, 2.05) is 25.2 Å². The molecule has 3 aromatic rings. The van der Waals surface area contributed by atoms with E-state index in [4.69, 9.17) is 0 Å². The number of guanidine groups is 1. The first-order valence-electron chi connectivity index (χ1n) is 9.77. The summed E-state index contributed by atoms with van der Waals surface area (Å²) >= 11 is 0. The summed E-state index contributed by atoms with van der Waals surface area (Å²) in [5, 5.41) is 3.52. The van der Waals surface area contributed by atoms with Crippen molar-refractivity contribution in [1.82, 2.24) is 20.2 Å². The molecule has 0 spiro atoms. The van der Waals surface area contributed by atoms with Crippen LogP contribution >= 0.6 is 24.0 Å². The Morgan fingerprint density at radius 3 is 2.75 bits per heavy atom. The number of aromatic nitrogens is 2. The van der Waals surface area contributed by atoms with Crippen LogP contribution in [0.25, 0.3) is 11.0 Å². The lowest BCUT2D eigenvalue weighted by molar-refractivity contribution is 0.484. The third-order valence-electron chi connectivity index (χ3n) is 5.28. The number of H-pyrrole nitrogens is 1. The van der Waals surface area contributed by atoms with Crippen LogP contribution in [0.3, 0.4) is 0 Å². The molecule has 0 aliphatic carbocycles. The monoisotopic (exact) mass is 489 g/mol. The van der Waals surface area contributed by atoms with Gasteiger partial charge in [-0.05, 0) is 30.5 Å². The molecule has 1 atom stereocenters. The zero-order valence-corrected chi connectivity index (χ0v) is 18.6. The number of aryl methyl sites for hydroxylation is 1. The number of fused-ring (bicyclic) bond motifs is 1. The summed E-state index contributed by atoms with van der Waals surface area (Å²) in [6.07, 6.45) is 3.14. The van der Waals surface area contributed by atoms with Crippen molar-refractivity contribution >= 4 is 41.0 Å². The predicted octanol–water partition coefficient (Wildman–Crippen LogP) is 4.18. The second-order valence-corrected chi connectivity index (χ2v) is 7.12. The molecule has 0 saturated carbocycles. The van der Waals surface area contributed by atoms with Gasteiger partial charge in [-0.2, -0.15) is 0 Å². The highest BCUT2D eigenvalue weighted by atomic mass is 127. The smallest absolute Gasteiger partial charge is 0.193 e. The molecule has 1 saturated heterocycles. The maximum atomic E-state index is 4.65. The van der Waals surface area contributed by atoms with Gasteiger partial charge in [0.1, 0.15) is 5.82 Å². The first-order valence-corrected chi connectivity index (χ1v) is 9.77. The molecular weight excluding hydrogens is 461 g/mol.